The van der Waals surface area contributed by atoms with Crippen molar-refractivity contribution < 1.29 is 14.3 Å². The van der Waals surface area contributed by atoms with Crippen LogP contribution in [0.4, 0.5) is 4.39 Å². The Labute approximate surface area is 149 Å². The van der Waals surface area contributed by atoms with Crippen LogP contribution in [0.1, 0.15) is 66.6 Å². The summed E-state index contributed by atoms with van der Waals surface area (Å²) < 4.78 is 14.8. The van der Waals surface area contributed by atoms with Gasteiger partial charge in [0.1, 0.15) is 11.6 Å². The molecule has 0 spiro atoms. The van der Waals surface area contributed by atoms with Gasteiger partial charge in [0.25, 0.3) is 0 Å². The van der Waals surface area contributed by atoms with Crippen molar-refractivity contribution in [2.24, 2.45) is 0 Å². The van der Waals surface area contributed by atoms with E-state index in [1.54, 1.807) is 24.3 Å². The molecule has 4 heteroatoms. The minimum absolute atomic E-state index is 0.0620. The molecular formula is C19H20FIO2. The van der Waals surface area contributed by atoms with Crippen molar-refractivity contribution in [3.05, 3.63) is 62.0 Å². The van der Waals surface area contributed by atoms with Crippen LogP contribution in [0.25, 0.3) is 0 Å². The molecule has 0 heterocycles. The molecule has 0 atom stereocenters. The fraction of sp³-hybridized carbons (Fsp3) is 0.316. The molecule has 0 aliphatic heterocycles. The summed E-state index contributed by atoms with van der Waals surface area (Å²) in [6, 6.07) is 7.83. The quantitative estimate of drug-likeness (QED) is 0.510. The van der Waals surface area contributed by atoms with Gasteiger partial charge in [-0.25, -0.2) is 4.39 Å². The molecule has 0 fully saturated rings. The first-order chi connectivity index (χ1) is 10.7. The van der Waals surface area contributed by atoms with E-state index in [1.165, 1.54) is 6.07 Å². The highest BCUT2D eigenvalue weighted by Crippen LogP contribution is 2.35. The van der Waals surface area contributed by atoms with Crippen LogP contribution in [0.5, 0.6) is 5.75 Å². The summed E-state index contributed by atoms with van der Waals surface area (Å²) >= 11 is 2.06. The van der Waals surface area contributed by atoms with Crippen LogP contribution in [-0.2, 0) is 0 Å². The second-order valence-corrected chi connectivity index (χ2v) is 7.51. The zero-order valence-electron chi connectivity index (χ0n) is 13.7. The van der Waals surface area contributed by atoms with E-state index in [0.717, 1.165) is 3.57 Å². The Morgan fingerprint density at radius 3 is 2.04 bits per heavy atom. The second-order valence-electron chi connectivity index (χ2n) is 6.27. The molecule has 0 saturated heterocycles. The van der Waals surface area contributed by atoms with Crippen molar-refractivity contribution in [3.8, 4) is 5.75 Å². The summed E-state index contributed by atoms with van der Waals surface area (Å²) in [7, 11) is 0. The minimum Gasteiger partial charge on any atom is -0.507 e. The zero-order valence-corrected chi connectivity index (χ0v) is 15.8. The van der Waals surface area contributed by atoms with Gasteiger partial charge in [0.05, 0.1) is 5.56 Å². The largest absolute Gasteiger partial charge is 0.507 e. The summed E-state index contributed by atoms with van der Waals surface area (Å²) in [6.07, 6.45) is 0. The van der Waals surface area contributed by atoms with Gasteiger partial charge in [-0.1, -0.05) is 27.7 Å². The normalized spacial score (nSPS) is 11.3. The van der Waals surface area contributed by atoms with Crippen LogP contribution in [0.3, 0.4) is 0 Å². The highest BCUT2D eigenvalue weighted by molar-refractivity contribution is 14.1. The maximum atomic E-state index is 14.0. The molecule has 2 rings (SSSR count). The van der Waals surface area contributed by atoms with Gasteiger partial charge in [-0.05, 0) is 75.9 Å². The molecule has 0 unspecified atom stereocenters. The zero-order chi connectivity index (χ0) is 17.3. The third kappa shape index (κ3) is 3.74. The van der Waals surface area contributed by atoms with Crippen LogP contribution >= 0.6 is 22.6 Å². The fourth-order valence-corrected chi connectivity index (χ4v) is 3.01. The van der Waals surface area contributed by atoms with E-state index in [2.05, 4.69) is 22.6 Å². The van der Waals surface area contributed by atoms with E-state index in [-0.39, 0.29) is 28.9 Å². The van der Waals surface area contributed by atoms with Gasteiger partial charge in [0.15, 0.2) is 5.78 Å². The molecule has 2 aromatic carbocycles. The lowest BCUT2D eigenvalue weighted by Gasteiger charge is -2.17. The number of carbonyl (C=O) groups is 1. The lowest BCUT2D eigenvalue weighted by Crippen LogP contribution is -2.08. The standard InChI is InChI=1S/C19H20FIO2/c1-10(2)14-7-12(8-15(11(3)4)19(14)23)18(22)16-9-13(21)5-6-17(16)20/h5-11,23H,1-4H3. The predicted molar refractivity (Wildman–Crippen MR) is 98.8 cm³/mol. The number of rotatable bonds is 4. The van der Waals surface area contributed by atoms with Crippen molar-refractivity contribution >= 4 is 28.4 Å². The number of phenols is 1. The van der Waals surface area contributed by atoms with Crippen molar-refractivity contribution in [2.75, 3.05) is 0 Å². The van der Waals surface area contributed by atoms with Gasteiger partial charge in [0.2, 0.25) is 0 Å². The van der Waals surface area contributed by atoms with E-state index in [1.807, 2.05) is 27.7 Å². The van der Waals surface area contributed by atoms with Crippen LogP contribution in [0.15, 0.2) is 30.3 Å². The van der Waals surface area contributed by atoms with E-state index < -0.39 is 5.82 Å². The number of phenolic OH excluding ortho intramolecular Hbond substituents is 1. The molecule has 23 heavy (non-hydrogen) atoms. The van der Waals surface area contributed by atoms with E-state index in [4.69, 9.17) is 0 Å². The molecule has 0 aromatic heterocycles. The number of hydrogen-bond donors (Lipinski definition) is 1. The first-order valence-electron chi connectivity index (χ1n) is 7.59. The monoisotopic (exact) mass is 426 g/mol. The van der Waals surface area contributed by atoms with Crippen LogP contribution < -0.4 is 0 Å². The highest BCUT2D eigenvalue weighted by Gasteiger charge is 2.20. The SMILES string of the molecule is CC(C)c1cc(C(=O)c2cc(I)ccc2F)cc(C(C)C)c1O. The summed E-state index contributed by atoms with van der Waals surface area (Å²) in [5.74, 6) is -0.512. The number of halogens is 2. The molecule has 0 aliphatic rings. The van der Waals surface area contributed by atoms with E-state index in [0.29, 0.717) is 16.7 Å². The summed E-state index contributed by atoms with van der Waals surface area (Å²) in [5.41, 5.74) is 1.90. The summed E-state index contributed by atoms with van der Waals surface area (Å²) in [6.45, 7) is 7.83. The first-order valence-corrected chi connectivity index (χ1v) is 8.66. The molecule has 0 amide bonds. The minimum atomic E-state index is -0.527. The molecular weight excluding hydrogens is 406 g/mol. The number of ketones is 1. The number of hydrogen-bond acceptors (Lipinski definition) is 2. The van der Waals surface area contributed by atoms with Crippen molar-refractivity contribution in [1.82, 2.24) is 0 Å². The Hall–Kier alpha value is -1.43. The Balaban J connectivity index is 2.63. The lowest BCUT2D eigenvalue weighted by molar-refractivity contribution is 0.103. The van der Waals surface area contributed by atoms with Crippen LogP contribution in [-0.4, -0.2) is 10.9 Å². The average Bonchev–Trinajstić information content (AvgIpc) is 2.48. The molecule has 0 saturated carbocycles. The molecule has 0 bridgehead atoms. The Morgan fingerprint density at radius 1 is 1.04 bits per heavy atom. The second kappa shape index (κ2) is 6.99. The fourth-order valence-electron chi connectivity index (χ4n) is 2.52. The topological polar surface area (TPSA) is 37.3 Å². The Morgan fingerprint density at radius 2 is 1.57 bits per heavy atom. The van der Waals surface area contributed by atoms with Gasteiger partial charge in [-0.15, -0.1) is 0 Å². The van der Waals surface area contributed by atoms with Crippen molar-refractivity contribution in [1.29, 1.82) is 0 Å². The predicted octanol–water partition coefficient (Wildman–Crippen LogP) is 5.61. The van der Waals surface area contributed by atoms with E-state index in [9.17, 15) is 14.3 Å². The molecule has 0 aliphatic carbocycles. The summed E-state index contributed by atoms with van der Waals surface area (Å²) in [4.78, 5) is 12.8. The third-order valence-electron chi connectivity index (χ3n) is 3.85. The average molecular weight is 426 g/mol. The van der Waals surface area contributed by atoms with E-state index >= 15 is 0 Å². The number of aromatic hydroxyl groups is 1. The van der Waals surface area contributed by atoms with Crippen molar-refractivity contribution in [3.63, 3.8) is 0 Å². The number of carbonyl (C=O) groups excluding carboxylic acids is 1. The van der Waals surface area contributed by atoms with Gasteiger partial charge >= 0.3 is 0 Å². The first kappa shape index (κ1) is 17.9. The maximum Gasteiger partial charge on any atom is 0.196 e. The molecule has 2 nitrogen and oxygen atoms in total. The van der Waals surface area contributed by atoms with Gasteiger partial charge in [-0.2, -0.15) is 0 Å². The Kier molecular flexibility index (Phi) is 5.45. The molecule has 1 N–H and O–H groups in total. The molecule has 2 aromatic rings. The van der Waals surface area contributed by atoms with Crippen molar-refractivity contribution in [2.45, 2.75) is 39.5 Å². The molecule has 122 valence electrons. The number of benzene rings is 2. The Bertz CT molecular complexity index is 722. The van der Waals surface area contributed by atoms with Gasteiger partial charge in [-0.3, -0.25) is 4.79 Å². The van der Waals surface area contributed by atoms with Gasteiger partial charge < -0.3 is 5.11 Å². The summed E-state index contributed by atoms with van der Waals surface area (Å²) in [5, 5.41) is 10.4. The lowest BCUT2D eigenvalue weighted by atomic mass is 9.89. The molecule has 0 radical (unpaired) electrons. The van der Waals surface area contributed by atoms with Crippen LogP contribution in [0.2, 0.25) is 0 Å². The van der Waals surface area contributed by atoms with Crippen LogP contribution in [0, 0.1) is 9.39 Å². The maximum absolute atomic E-state index is 14.0. The third-order valence-corrected chi connectivity index (χ3v) is 4.52. The van der Waals surface area contributed by atoms with Gasteiger partial charge in [0, 0.05) is 9.13 Å². The smallest absolute Gasteiger partial charge is 0.196 e. The highest BCUT2D eigenvalue weighted by atomic mass is 127.